The zero-order chi connectivity index (χ0) is 28.1. The lowest BCUT2D eigenvalue weighted by Gasteiger charge is -2.19. The predicted octanol–water partition coefficient (Wildman–Crippen LogP) is 4.34. The van der Waals surface area contributed by atoms with Gasteiger partial charge in [0, 0.05) is 56.0 Å². The first-order chi connectivity index (χ1) is 18.1. The second-order valence-corrected chi connectivity index (χ2v) is 9.70. The Bertz CT molecular complexity index is 1040. The third-order valence-corrected chi connectivity index (χ3v) is 5.95. The molecule has 0 radical (unpaired) electrons. The number of aromatic nitrogens is 2. The number of nitrogens with one attached hydrogen (secondary N) is 1. The van der Waals surface area contributed by atoms with E-state index in [0.29, 0.717) is 36.1 Å². The van der Waals surface area contributed by atoms with Crippen LogP contribution in [-0.2, 0) is 19.1 Å². The van der Waals surface area contributed by atoms with Gasteiger partial charge in [-0.3, -0.25) is 29.1 Å². The maximum absolute atomic E-state index is 12.9. The Balaban J connectivity index is 0.00000760. The molecule has 2 heterocycles. The van der Waals surface area contributed by atoms with Crippen LogP contribution in [-0.4, -0.2) is 65.7 Å². The number of ether oxygens (including phenoxy) is 2. The summed E-state index contributed by atoms with van der Waals surface area (Å²) in [6.07, 6.45) is 4.10. The molecule has 0 aliphatic heterocycles. The van der Waals surface area contributed by atoms with Gasteiger partial charge >= 0.3 is 0 Å². The summed E-state index contributed by atoms with van der Waals surface area (Å²) in [5.74, 6) is -0.274. The predicted molar refractivity (Wildman–Crippen MR) is 146 cm³/mol. The van der Waals surface area contributed by atoms with Crippen LogP contribution in [0.15, 0.2) is 36.7 Å². The van der Waals surface area contributed by atoms with Gasteiger partial charge < -0.3 is 14.8 Å². The number of amides is 1. The summed E-state index contributed by atoms with van der Waals surface area (Å²) in [5.41, 5.74) is 2.12. The number of hydrogen-bond acceptors (Lipinski definition) is 8. The monoisotopic (exact) mass is 527 g/mol. The molecule has 1 amide bonds. The Hall–Kier alpha value is -3.30. The lowest BCUT2D eigenvalue weighted by atomic mass is 10.1. The van der Waals surface area contributed by atoms with Crippen LogP contribution >= 0.6 is 0 Å². The number of rotatable bonds is 17. The van der Waals surface area contributed by atoms with Crippen molar-refractivity contribution < 1.29 is 30.1 Å². The number of ketones is 3. The summed E-state index contributed by atoms with van der Waals surface area (Å²) in [6, 6.07) is 6.32. The van der Waals surface area contributed by atoms with Crippen molar-refractivity contribution in [3.8, 4) is 11.3 Å². The quantitative estimate of drug-likeness (QED) is 0.238. The largest absolute Gasteiger partial charge is 0.379 e. The summed E-state index contributed by atoms with van der Waals surface area (Å²) < 4.78 is 11.3. The van der Waals surface area contributed by atoms with Gasteiger partial charge in [0.1, 0.15) is 17.3 Å². The van der Waals surface area contributed by atoms with E-state index in [-0.39, 0.29) is 62.7 Å². The van der Waals surface area contributed by atoms with Crippen LogP contribution in [0.4, 0.5) is 0 Å². The number of carbonyl (C=O) groups is 4. The molecule has 0 saturated carbocycles. The fraction of sp³-hybridized carbons (Fsp3) is 0.517. The molecule has 0 bridgehead atoms. The highest BCUT2D eigenvalue weighted by atomic mass is 16.5. The lowest BCUT2D eigenvalue weighted by molar-refractivity contribution is -0.123. The maximum Gasteiger partial charge on any atom is 0.270 e. The van der Waals surface area contributed by atoms with Gasteiger partial charge in [0.05, 0.1) is 38.2 Å². The van der Waals surface area contributed by atoms with Crippen molar-refractivity contribution in [3.05, 3.63) is 47.9 Å². The molecule has 0 spiro atoms. The molecule has 38 heavy (non-hydrogen) atoms. The van der Waals surface area contributed by atoms with Crippen molar-refractivity contribution in [2.45, 2.75) is 59.9 Å². The molecule has 0 unspecified atom stereocenters. The first-order valence-electron chi connectivity index (χ1n) is 13.1. The van der Waals surface area contributed by atoms with Crippen molar-refractivity contribution >= 4 is 23.3 Å². The van der Waals surface area contributed by atoms with Crippen LogP contribution in [0, 0.1) is 11.8 Å². The highest BCUT2D eigenvalue weighted by Gasteiger charge is 2.17. The van der Waals surface area contributed by atoms with Crippen LogP contribution in [0.1, 0.15) is 76.2 Å². The smallest absolute Gasteiger partial charge is 0.270 e. The molecule has 0 aromatic carbocycles. The van der Waals surface area contributed by atoms with Crippen LogP contribution in [0.25, 0.3) is 11.3 Å². The molecule has 0 fully saturated rings. The van der Waals surface area contributed by atoms with Gasteiger partial charge in [-0.1, -0.05) is 34.6 Å². The fourth-order valence-corrected chi connectivity index (χ4v) is 3.38. The van der Waals surface area contributed by atoms with E-state index in [1.54, 1.807) is 37.4 Å². The van der Waals surface area contributed by atoms with E-state index in [2.05, 4.69) is 15.3 Å². The van der Waals surface area contributed by atoms with Crippen LogP contribution < -0.4 is 5.32 Å². The average Bonchev–Trinajstić information content (AvgIpc) is 2.92. The molecule has 2 aromatic heterocycles. The number of pyridine rings is 2. The Morgan fingerprint density at radius 1 is 0.842 bits per heavy atom. The van der Waals surface area contributed by atoms with Crippen molar-refractivity contribution in [1.29, 1.82) is 0 Å². The first kappa shape index (κ1) is 30.9. The molecule has 208 valence electrons. The Morgan fingerprint density at radius 2 is 1.45 bits per heavy atom. The summed E-state index contributed by atoms with van der Waals surface area (Å²) in [4.78, 5) is 56.9. The zero-order valence-corrected chi connectivity index (χ0v) is 23.0. The van der Waals surface area contributed by atoms with Gasteiger partial charge in [-0.05, 0) is 24.3 Å². The average molecular weight is 528 g/mol. The van der Waals surface area contributed by atoms with E-state index in [4.69, 9.17) is 9.47 Å². The molecular weight excluding hydrogens is 486 g/mol. The summed E-state index contributed by atoms with van der Waals surface area (Å²) >= 11 is 0. The highest BCUT2D eigenvalue weighted by Crippen LogP contribution is 2.17. The van der Waals surface area contributed by atoms with E-state index < -0.39 is 11.9 Å². The molecule has 0 aliphatic carbocycles. The molecule has 0 aliphatic rings. The van der Waals surface area contributed by atoms with Gasteiger partial charge in [0.25, 0.3) is 5.91 Å². The standard InChI is InChI=1S/C29H39N3O6.H2/c1-6-26(33)22-8-9-24(30-16-22)21-7-10-25(31-15-21)29(36)32-23(17-37-13-11-27(34)19(2)3)18-38-14-12-28(35)20(4)5;/h7-10,15-16,19-20,23H,6,11-14,17-18H2,1-5H3,(H,32,36);1H. The van der Waals surface area contributed by atoms with Gasteiger partial charge in [0.2, 0.25) is 0 Å². The van der Waals surface area contributed by atoms with E-state index in [0.717, 1.165) is 0 Å². The number of Topliss-reactive ketones (excluding diaryl/α,β-unsaturated/α-hetero) is 3. The molecule has 2 aromatic rings. The minimum atomic E-state index is -0.488. The van der Waals surface area contributed by atoms with E-state index >= 15 is 0 Å². The molecule has 9 heteroatoms. The fourth-order valence-electron chi connectivity index (χ4n) is 3.38. The van der Waals surface area contributed by atoms with E-state index in [1.807, 2.05) is 27.7 Å². The topological polar surface area (TPSA) is 125 Å². The second-order valence-electron chi connectivity index (χ2n) is 9.70. The maximum atomic E-state index is 12.9. The number of hydrogen-bond donors (Lipinski definition) is 1. The molecule has 2 rings (SSSR count). The van der Waals surface area contributed by atoms with Crippen molar-refractivity contribution in [1.82, 2.24) is 15.3 Å². The minimum Gasteiger partial charge on any atom is -0.379 e. The van der Waals surface area contributed by atoms with Crippen molar-refractivity contribution in [3.63, 3.8) is 0 Å². The van der Waals surface area contributed by atoms with Crippen LogP contribution in [0.2, 0.25) is 0 Å². The second kappa shape index (κ2) is 15.8. The zero-order valence-electron chi connectivity index (χ0n) is 23.0. The Kier molecular flexibility index (Phi) is 12.9. The molecule has 1 N–H and O–H groups in total. The molecule has 0 atom stereocenters. The third kappa shape index (κ3) is 10.2. The Morgan fingerprint density at radius 3 is 1.89 bits per heavy atom. The normalized spacial score (nSPS) is 11.3. The summed E-state index contributed by atoms with van der Waals surface area (Å²) in [7, 11) is 0. The van der Waals surface area contributed by atoms with Crippen LogP contribution in [0.5, 0.6) is 0 Å². The lowest BCUT2D eigenvalue weighted by Crippen LogP contribution is -2.42. The first-order valence-corrected chi connectivity index (χ1v) is 13.1. The van der Waals surface area contributed by atoms with Gasteiger partial charge in [-0.15, -0.1) is 0 Å². The molecular formula is C29H41N3O6. The molecule has 0 saturated heterocycles. The van der Waals surface area contributed by atoms with Crippen molar-refractivity contribution in [2.24, 2.45) is 11.8 Å². The third-order valence-electron chi connectivity index (χ3n) is 5.95. The highest BCUT2D eigenvalue weighted by molar-refractivity contribution is 5.96. The number of nitrogens with zero attached hydrogens (tertiary/aromatic N) is 2. The number of carbonyl (C=O) groups excluding carboxylic acids is 4. The molecule has 9 nitrogen and oxygen atoms in total. The Labute approximate surface area is 226 Å². The van der Waals surface area contributed by atoms with Gasteiger partial charge in [-0.25, -0.2) is 0 Å². The summed E-state index contributed by atoms with van der Waals surface area (Å²) in [6.45, 7) is 9.97. The SMILES string of the molecule is CCC(=O)c1ccc(-c2ccc(C(=O)NC(COCCC(=O)C(C)C)COCCC(=O)C(C)C)nc2)nc1.[HH]. The minimum absolute atomic E-state index is 0. The van der Waals surface area contributed by atoms with Gasteiger partial charge in [-0.2, -0.15) is 0 Å². The summed E-state index contributed by atoms with van der Waals surface area (Å²) in [5, 5.41) is 2.87. The van der Waals surface area contributed by atoms with Crippen molar-refractivity contribution in [2.75, 3.05) is 26.4 Å². The van der Waals surface area contributed by atoms with E-state index in [9.17, 15) is 19.2 Å². The van der Waals surface area contributed by atoms with Crippen LogP contribution in [0.3, 0.4) is 0 Å². The van der Waals surface area contributed by atoms with Gasteiger partial charge in [0.15, 0.2) is 5.78 Å². The van der Waals surface area contributed by atoms with E-state index in [1.165, 1.54) is 6.20 Å².